The van der Waals surface area contributed by atoms with Gasteiger partial charge in [0.2, 0.25) is 17.7 Å². The zero-order valence-electron chi connectivity index (χ0n) is 7.95. The monoisotopic (exact) mass is 196 g/mol. The number of amides is 3. The van der Waals surface area contributed by atoms with Crippen LogP contribution < -0.4 is 5.32 Å². The van der Waals surface area contributed by atoms with Crippen LogP contribution in [0.1, 0.15) is 19.8 Å². The van der Waals surface area contributed by atoms with Gasteiger partial charge in [-0.1, -0.05) is 0 Å². The average molecular weight is 196 g/mol. The Morgan fingerprint density at radius 1 is 1.43 bits per heavy atom. The third-order valence-electron chi connectivity index (χ3n) is 2.63. The summed E-state index contributed by atoms with van der Waals surface area (Å²) in [7, 11) is 0. The fraction of sp³-hybridized carbons (Fsp3) is 0.667. The van der Waals surface area contributed by atoms with E-state index in [0.29, 0.717) is 0 Å². The largest absolute Gasteiger partial charge is 0.321 e. The molecule has 1 aliphatic carbocycles. The van der Waals surface area contributed by atoms with Gasteiger partial charge in [0.1, 0.15) is 12.6 Å². The number of hydrogen-bond acceptors (Lipinski definition) is 3. The summed E-state index contributed by atoms with van der Waals surface area (Å²) in [6, 6.07) is -0.513. The van der Waals surface area contributed by atoms with E-state index in [1.165, 1.54) is 4.90 Å². The van der Waals surface area contributed by atoms with Crippen LogP contribution in [0.2, 0.25) is 0 Å². The molecular weight excluding hydrogens is 184 g/mol. The molecule has 5 nitrogen and oxygen atoms in total. The number of rotatable bonds is 1. The first-order valence-electron chi connectivity index (χ1n) is 4.74. The van der Waals surface area contributed by atoms with Gasteiger partial charge < -0.3 is 4.90 Å². The standard InChI is InChI=1S/C9H12N2O3/c1-5-8(13)10-7(12)4-11(5)9(14)6-2-3-6/h5-6H,2-4H2,1H3,(H,10,12,13). The van der Waals surface area contributed by atoms with Crippen molar-refractivity contribution >= 4 is 17.7 Å². The van der Waals surface area contributed by atoms with Gasteiger partial charge in [0.25, 0.3) is 0 Å². The van der Waals surface area contributed by atoms with Gasteiger partial charge in [-0.15, -0.1) is 0 Å². The molecule has 1 heterocycles. The van der Waals surface area contributed by atoms with E-state index in [4.69, 9.17) is 0 Å². The van der Waals surface area contributed by atoms with Gasteiger partial charge in [-0.25, -0.2) is 0 Å². The van der Waals surface area contributed by atoms with Crippen LogP contribution in [0.3, 0.4) is 0 Å². The summed E-state index contributed by atoms with van der Waals surface area (Å²) < 4.78 is 0. The molecule has 0 spiro atoms. The van der Waals surface area contributed by atoms with Crippen molar-refractivity contribution in [1.82, 2.24) is 10.2 Å². The molecule has 1 aliphatic heterocycles. The number of imide groups is 1. The van der Waals surface area contributed by atoms with Crippen molar-refractivity contribution in [1.29, 1.82) is 0 Å². The van der Waals surface area contributed by atoms with E-state index in [1.54, 1.807) is 6.92 Å². The van der Waals surface area contributed by atoms with E-state index < -0.39 is 6.04 Å². The molecule has 0 aromatic carbocycles. The van der Waals surface area contributed by atoms with E-state index in [0.717, 1.165) is 12.8 Å². The maximum atomic E-state index is 11.7. The third kappa shape index (κ3) is 1.49. The highest BCUT2D eigenvalue weighted by Crippen LogP contribution is 2.31. The number of carbonyl (C=O) groups excluding carboxylic acids is 3. The van der Waals surface area contributed by atoms with Crippen LogP contribution in [0, 0.1) is 5.92 Å². The first kappa shape index (κ1) is 9.18. The van der Waals surface area contributed by atoms with Crippen molar-refractivity contribution in [3.05, 3.63) is 0 Å². The van der Waals surface area contributed by atoms with Gasteiger partial charge in [-0.3, -0.25) is 19.7 Å². The van der Waals surface area contributed by atoms with Gasteiger partial charge in [-0.05, 0) is 19.8 Å². The van der Waals surface area contributed by atoms with Crippen molar-refractivity contribution in [3.8, 4) is 0 Å². The molecule has 1 saturated heterocycles. The zero-order chi connectivity index (χ0) is 10.3. The summed E-state index contributed by atoms with van der Waals surface area (Å²) in [4.78, 5) is 35.3. The van der Waals surface area contributed by atoms with Crippen molar-refractivity contribution in [3.63, 3.8) is 0 Å². The molecule has 2 aliphatic rings. The Bertz CT molecular complexity index is 309. The second kappa shape index (κ2) is 3.08. The predicted molar refractivity (Wildman–Crippen MR) is 47.0 cm³/mol. The molecule has 0 aromatic heterocycles. The Kier molecular flexibility index (Phi) is 2.02. The number of carbonyl (C=O) groups is 3. The quantitative estimate of drug-likeness (QED) is 0.562. The molecule has 2 fully saturated rings. The highest BCUT2D eigenvalue weighted by Gasteiger charge is 2.40. The molecule has 1 atom stereocenters. The van der Waals surface area contributed by atoms with Gasteiger partial charge >= 0.3 is 0 Å². The molecular formula is C9H12N2O3. The summed E-state index contributed by atoms with van der Waals surface area (Å²) in [5, 5.41) is 2.20. The first-order valence-corrected chi connectivity index (χ1v) is 4.74. The van der Waals surface area contributed by atoms with Gasteiger partial charge in [-0.2, -0.15) is 0 Å². The number of piperazine rings is 1. The molecule has 2 rings (SSSR count). The van der Waals surface area contributed by atoms with Crippen molar-refractivity contribution < 1.29 is 14.4 Å². The van der Waals surface area contributed by atoms with E-state index in [-0.39, 0.29) is 30.2 Å². The maximum absolute atomic E-state index is 11.7. The zero-order valence-corrected chi connectivity index (χ0v) is 7.95. The van der Waals surface area contributed by atoms with E-state index in [1.807, 2.05) is 0 Å². The Morgan fingerprint density at radius 2 is 2.07 bits per heavy atom. The molecule has 0 aromatic rings. The van der Waals surface area contributed by atoms with Crippen LogP contribution in [0.25, 0.3) is 0 Å². The van der Waals surface area contributed by atoms with Gasteiger partial charge in [0, 0.05) is 5.92 Å². The van der Waals surface area contributed by atoms with Crippen LogP contribution in [-0.2, 0) is 14.4 Å². The SMILES string of the molecule is CC1C(=O)NC(=O)CN1C(=O)C1CC1. The Morgan fingerprint density at radius 3 is 2.64 bits per heavy atom. The van der Waals surface area contributed by atoms with E-state index >= 15 is 0 Å². The first-order chi connectivity index (χ1) is 6.59. The molecule has 1 N–H and O–H groups in total. The van der Waals surface area contributed by atoms with Crippen molar-refractivity contribution in [2.24, 2.45) is 5.92 Å². The fourth-order valence-electron chi connectivity index (χ4n) is 1.55. The minimum Gasteiger partial charge on any atom is -0.321 e. The number of nitrogens with zero attached hydrogens (tertiary/aromatic N) is 1. The second-order valence-electron chi connectivity index (χ2n) is 3.83. The molecule has 1 saturated carbocycles. The normalized spacial score (nSPS) is 27.5. The highest BCUT2D eigenvalue weighted by atomic mass is 16.2. The van der Waals surface area contributed by atoms with Gasteiger partial charge in [0.05, 0.1) is 0 Å². The molecule has 76 valence electrons. The van der Waals surface area contributed by atoms with Crippen LogP contribution in [0.15, 0.2) is 0 Å². The second-order valence-corrected chi connectivity index (χ2v) is 3.83. The minimum absolute atomic E-state index is 0.0161. The third-order valence-corrected chi connectivity index (χ3v) is 2.63. The Hall–Kier alpha value is -1.39. The Balaban J connectivity index is 2.11. The smallest absolute Gasteiger partial charge is 0.249 e. The summed E-state index contributed by atoms with van der Waals surface area (Å²) in [5.74, 6) is -0.769. The lowest BCUT2D eigenvalue weighted by atomic mass is 10.2. The predicted octanol–water partition coefficient (Wildman–Crippen LogP) is -0.730. The number of hydrogen-bond donors (Lipinski definition) is 1. The summed E-state index contributed by atoms with van der Waals surface area (Å²) >= 11 is 0. The number of nitrogens with one attached hydrogen (secondary N) is 1. The van der Waals surface area contributed by atoms with E-state index in [9.17, 15) is 14.4 Å². The molecule has 3 amide bonds. The highest BCUT2D eigenvalue weighted by molar-refractivity contribution is 6.04. The summed E-state index contributed by atoms with van der Waals surface area (Å²) in [6.07, 6.45) is 1.77. The lowest BCUT2D eigenvalue weighted by Crippen LogP contribution is -2.58. The maximum Gasteiger partial charge on any atom is 0.249 e. The molecule has 5 heteroatoms. The molecule has 1 unspecified atom stereocenters. The Labute approximate surface area is 81.4 Å². The molecule has 0 radical (unpaired) electrons. The van der Waals surface area contributed by atoms with Crippen LogP contribution in [0.5, 0.6) is 0 Å². The fourth-order valence-corrected chi connectivity index (χ4v) is 1.55. The topological polar surface area (TPSA) is 66.5 Å². The summed E-state index contributed by atoms with van der Waals surface area (Å²) in [6.45, 7) is 1.66. The van der Waals surface area contributed by atoms with Crippen LogP contribution in [0.4, 0.5) is 0 Å². The van der Waals surface area contributed by atoms with Crippen LogP contribution in [-0.4, -0.2) is 35.2 Å². The lowest BCUT2D eigenvalue weighted by Gasteiger charge is -2.31. The molecule has 14 heavy (non-hydrogen) atoms. The lowest BCUT2D eigenvalue weighted by molar-refractivity contribution is -0.150. The van der Waals surface area contributed by atoms with Crippen molar-refractivity contribution in [2.45, 2.75) is 25.8 Å². The minimum atomic E-state index is -0.513. The van der Waals surface area contributed by atoms with Crippen LogP contribution >= 0.6 is 0 Å². The van der Waals surface area contributed by atoms with E-state index in [2.05, 4.69) is 5.32 Å². The van der Waals surface area contributed by atoms with Gasteiger partial charge in [0.15, 0.2) is 0 Å². The average Bonchev–Trinajstić information content (AvgIpc) is 2.93. The van der Waals surface area contributed by atoms with Crippen molar-refractivity contribution in [2.75, 3.05) is 6.54 Å². The molecule has 0 bridgehead atoms. The summed E-state index contributed by atoms with van der Waals surface area (Å²) in [5.41, 5.74) is 0.